The molecule has 2 unspecified atom stereocenters. The Balaban J connectivity index is 2.57. The molecule has 2 aliphatic carbocycles. The first-order valence-electron chi connectivity index (χ1n) is 5.72. The van der Waals surface area contributed by atoms with Crippen molar-refractivity contribution in [3.63, 3.8) is 0 Å². The maximum atomic E-state index is 12.3. The van der Waals surface area contributed by atoms with Crippen molar-refractivity contribution in [2.24, 2.45) is 16.7 Å². The van der Waals surface area contributed by atoms with E-state index in [9.17, 15) is 4.79 Å². The van der Waals surface area contributed by atoms with E-state index in [1.807, 2.05) is 13.0 Å². The Morgan fingerprint density at radius 1 is 1.50 bits per heavy atom. The molecule has 2 atom stereocenters. The van der Waals surface area contributed by atoms with E-state index >= 15 is 0 Å². The minimum Gasteiger partial charge on any atom is -0.294 e. The summed E-state index contributed by atoms with van der Waals surface area (Å²) in [5, 5.41) is 0. The predicted octanol–water partition coefficient (Wildman–Crippen LogP) is 3.35. The monoisotopic (exact) mass is 192 g/mol. The molecule has 1 nitrogen and oxygen atoms in total. The van der Waals surface area contributed by atoms with E-state index in [-0.39, 0.29) is 10.8 Å². The average Bonchev–Trinajstić information content (AvgIpc) is 2.49. The van der Waals surface area contributed by atoms with E-state index < -0.39 is 0 Å². The van der Waals surface area contributed by atoms with Crippen LogP contribution in [0.2, 0.25) is 0 Å². The minimum atomic E-state index is -0.0283. The van der Waals surface area contributed by atoms with E-state index in [0.717, 1.165) is 18.4 Å². The van der Waals surface area contributed by atoms with Gasteiger partial charge in [0, 0.05) is 5.41 Å². The molecule has 2 bridgehead atoms. The van der Waals surface area contributed by atoms with Gasteiger partial charge in [-0.2, -0.15) is 0 Å². The SMILES string of the molecule is C/C=C1\C(=O)C2(CC)CCC1C2(C)C. The van der Waals surface area contributed by atoms with E-state index in [1.54, 1.807) is 0 Å². The van der Waals surface area contributed by atoms with Gasteiger partial charge in [-0.15, -0.1) is 0 Å². The number of allylic oxidation sites excluding steroid dienone is 2. The number of fused-ring (bicyclic) bond motifs is 2. The molecule has 0 N–H and O–H groups in total. The summed E-state index contributed by atoms with van der Waals surface area (Å²) in [5.41, 5.74) is 1.28. The van der Waals surface area contributed by atoms with Crippen LogP contribution in [0, 0.1) is 16.7 Å². The van der Waals surface area contributed by atoms with Crippen LogP contribution in [-0.4, -0.2) is 5.78 Å². The maximum Gasteiger partial charge on any atom is 0.165 e. The summed E-state index contributed by atoms with van der Waals surface area (Å²) in [4.78, 5) is 12.3. The summed E-state index contributed by atoms with van der Waals surface area (Å²) in [6.45, 7) is 8.74. The molecule has 14 heavy (non-hydrogen) atoms. The first-order chi connectivity index (χ1) is 6.51. The topological polar surface area (TPSA) is 17.1 Å². The molecule has 2 fully saturated rings. The highest BCUT2D eigenvalue weighted by atomic mass is 16.1. The van der Waals surface area contributed by atoms with Gasteiger partial charge in [-0.05, 0) is 43.1 Å². The number of carbonyl (C=O) groups excluding carboxylic acids is 1. The summed E-state index contributed by atoms with van der Waals surface area (Å²) in [5.74, 6) is 0.976. The van der Waals surface area contributed by atoms with Crippen LogP contribution in [0.25, 0.3) is 0 Å². The molecule has 0 spiro atoms. The second-order valence-electron chi connectivity index (χ2n) is 5.32. The van der Waals surface area contributed by atoms with E-state index in [0.29, 0.717) is 11.7 Å². The third-order valence-electron chi connectivity index (χ3n) is 4.95. The maximum absolute atomic E-state index is 12.3. The molecule has 0 aromatic rings. The summed E-state index contributed by atoms with van der Waals surface area (Å²) >= 11 is 0. The number of ketones is 1. The van der Waals surface area contributed by atoms with Crippen LogP contribution in [0.3, 0.4) is 0 Å². The number of Topliss-reactive ketones (excluding diaryl/α,β-unsaturated/α-hetero) is 1. The molecule has 0 saturated heterocycles. The molecule has 0 radical (unpaired) electrons. The Hall–Kier alpha value is -0.590. The average molecular weight is 192 g/mol. The molecule has 0 heterocycles. The third-order valence-corrected chi connectivity index (χ3v) is 4.95. The van der Waals surface area contributed by atoms with Crippen LogP contribution in [0.1, 0.15) is 47.0 Å². The van der Waals surface area contributed by atoms with Crippen molar-refractivity contribution in [2.45, 2.75) is 47.0 Å². The van der Waals surface area contributed by atoms with Gasteiger partial charge in [0.15, 0.2) is 5.78 Å². The Labute approximate surface area is 86.6 Å². The quantitative estimate of drug-likeness (QED) is 0.582. The lowest BCUT2D eigenvalue weighted by Crippen LogP contribution is -2.35. The second kappa shape index (κ2) is 2.71. The van der Waals surface area contributed by atoms with E-state index in [4.69, 9.17) is 0 Å². The molecule has 2 rings (SSSR count). The number of carbonyl (C=O) groups is 1. The lowest BCUT2D eigenvalue weighted by molar-refractivity contribution is -0.126. The van der Waals surface area contributed by atoms with Crippen molar-refractivity contribution >= 4 is 5.78 Å². The van der Waals surface area contributed by atoms with Gasteiger partial charge in [-0.25, -0.2) is 0 Å². The zero-order valence-corrected chi connectivity index (χ0v) is 9.68. The first-order valence-corrected chi connectivity index (χ1v) is 5.72. The summed E-state index contributed by atoms with van der Waals surface area (Å²) in [6.07, 6.45) is 5.38. The highest BCUT2D eigenvalue weighted by Gasteiger charge is 2.65. The molecule has 0 aliphatic heterocycles. The second-order valence-corrected chi connectivity index (χ2v) is 5.32. The third kappa shape index (κ3) is 0.796. The van der Waals surface area contributed by atoms with Crippen LogP contribution < -0.4 is 0 Å². The van der Waals surface area contributed by atoms with Gasteiger partial charge in [0.25, 0.3) is 0 Å². The van der Waals surface area contributed by atoms with Gasteiger partial charge >= 0.3 is 0 Å². The van der Waals surface area contributed by atoms with Crippen LogP contribution in [0.5, 0.6) is 0 Å². The van der Waals surface area contributed by atoms with Gasteiger partial charge in [0.05, 0.1) is 0 Å². The summed E-state index contributed by atoms with van der Waals surface area (Å²) < 4.78 is 0. The Kier molecular flexibility index (Phi) is 1.93. The molecule has 0 aromatic carbocycles. The first kappa shape index (κ1) is 9.95. The van der Waals surface area contributed by atoms with Crippen LogP contribution in [0.4, 0.5) is 0 Å². The molecular formula is C13H20O. The van der Waals surface area contributed by atoms with E-state index in [2.05, 4.69) is 20.8 Å². The molecule has 78 valence electrons. The number of hydrogen-bond acceptors (Lipinski definition) is 1. The zero-order chi connectivity index (χ0) is 10.6. The normalized spacial score (nSPS) is 42.4. The van der Waals surface area contributed by atoms with E-state index in [1.165, 1.54) is 6.42 Å². The highest BCUT2D eigenvalue weighted by molar-refractivity contribution is 6.04. The van der Waals surface area contributed by atoms with Crippen molar-refractivity contribution < 1.29 is 4.79 Å². The van der Waals surface area contributed by atoms with Gasteiger partial charge in [-0.3, -0.25) is 4.79 Å². The highest BCUT2D eigenvalue weighted by Crippen LogP contribution is 2.67. The van der Waals surface area contributed by atoms with Crippen molar-refractivity contribution in [1.29, 1.82) is 0 Å². The lowest BCUT2D eigenvalue weighted by atomic mass is 9.67. The Morgan fingerprint density at radius 2 is 2.14 bits per heavy atom. The van der Waals surface area contributed by atoms with Crippen molar-refractivity contribution in [1.82, 2.24) is 0 Å². The molecule has 1 heteroatoms. The minimum absolute atomic E-state index is 0.0283. The smallest absolute Gasteiger partial charge is 0.165 e. The fourth-order valence-electron chi connectivity index (χ4n) is 3.92. The van der Waals surface area contributed by atoms with Gasteiger partial charge in [-0.1, -0.05) is 26.8 Å². The van der Waals surface area contributed by atoms with Crippen molar-refractivity contribution in [3.8, 4) is 0 Å². The fourth-order valence-corrected chi connectivity index (χ4v) is 3.92. The molecule has 0 amide bonds. The van der Waals surface area contributed by atoms with Crippen LogP contribution in [0.15, 0.2) is 11.6 Å². The van der Waals surface area contributed by atoms with Gasteiger partial charge in [0.1, 0.15) is 0 Å². The lowest BCUT2D eigenvalue weighted by Gasteiger charge is -2.34. The number of rotatable bonds is 1. The largest absolute Gasteiger partial charge is 0.294 e. The van der Waals surface area contributed by atoms with Crippen molar-refractivity contribution in [2.75, 3.05) is 0 Å². The predicted molar refractivity (Wildman–Crippen MR) is 58.0 cm³/mol. The molecule has 2 aliphatic rings. The zero-order valence-electron chi connectivity index (χ0n) is 9.68. The van der Waals surface area contributed by atoms with Crippen molar-refractivity contribution in [3.05, 3.63) is 11.6 Å². The number of hydrogen-bond donors (Lipinski definition) is 0. The van der Waals surface area contributed by atoms with Gasteiger partial charge in [0.2, 0.25) is 0 Å². The standard InChI is InChI=1S/C13H20O/c1-5-9-10-7-8-13(6-2,11(9)14)12(10,3)4/h5,10H,6-8H2,1-4H3/b9-5-. The molecule has 2 saturated carbocycles. The fraction of sp³-hybridized carbons (Fsp3) is 0.769. The summed E-state index contributed by atoms with van der Waals surface area (Å²) in [7, 11) is 0. The van der Waals surface area contributed by atoms with Crippen LogP contribution in [-0.2, 0) is 4.79 Å². The van der Waals surface area contributed by atoms with Crippen LogP contribution >= 0.6 is 0 Å². The Bertz CT molecular complexity index is 311. The summed E-state index contributed by atoms with van der Waals surface area (Å²) in [6, 6.07) is 0. The molecular weight excluding hydrogens is 172 g/mol. The Morgan fingerprint density at radius 3 is 2.50 bits per heavy atom. The molecule has 0 aromatic heterocycles. The van der Waals surface area contributed by atoms with Gasteiger partial charge < -0.3 is 0 Å².